The van der Waals surface area contributed by atoms with Crippen LogP contribution in [0.25, 0.3) is 17.2 Å². The molecule has 1 aromatic carbocycles. The van der Waals surface area contributed by atoms with Gasteiger partial charge < -0.3 is 20.5 Å². The molecule has 1 aliphatic carbocycles. The predicted octanol–water partition coefficient (Wildman–Crippen LogP) is 3.64. The molecule has 4 rings (SSSR count). The highest BCUT2D eigenvalue weighted by molar-refractivity contribution is 6.05. The minimum Gasteiger partial charge on any atom is -0.465 e. The highest BCUT2D eigenvalue weighted by atomic mass is 16.5. The zero-order valence-electron chi connectivity index (χ0n) is 20.8. The molecule has 0 atom stereocenters. The Kier molecular flexibility index (Phi) is 8.48. The molecule has 0 saturated heterocycles. The summed E-state index contributed by atoms with van der Waals surface area (Å²) >= 11 is 0. The fraction of sp³-hybridized carbons (Fsp3) is 0.429. The molecule has 1 aliphatic heterocycles. The number of nitrogens with two attached hydrogens (primary N) is 1. The lowest BCUT2D eigenvalue weighted by Crippen LogP contribution is -2.35. The van der Waals surface area contributed by atoms with Gasteiger partial charge >= 0.3 is 5.97 Å². The number of fused-ring (bicyclic) bond motifs is 1. The fourth-order valence-corrected chi connectivity index (χ4v) is 4.15. The summed E-state index contributed by atoms with van der Waals surface area (Å²) in [5, 5.41) is 9.19. The van der Waals surface area contributed by atoms with Crippen LogP contribution >= 0.6 is 0 Å². The number of aromatic nitrogens is 1. The number of rotatable bonds is 11. The quantitative estimate of drug-likeness (QED) is 0.464. The second-order valence-corrected chi connectivity index (χ2v) is 9.43. The average molecular weight is 491 g/mol. The summed E-state index contributed by atoms with van der Waals surface area (Å²) in [4.78, 5) is 36.0. The molecule has 190 valence electrons. The third-order valence-electron chi connectivity index (χ3n) is 6.30. The zero-order valence-corrected chi connectivity index (χ0v) is 20.8. The molecule has 0 bridgehead atoms. The number of amides is 1. The molecule has 2 aromatic rings. The first-order valence-corrected chi connectivity index (χ1v) is 12.7. The number of aliphatic hydroxyl groups excluding tert-OH is 1. The van der Waals surface area contributed by atoms with Crippen LogP contribution in [0.15, 0.2) is 47.1 Å². The lowest BCUT2D eigenvalue weighted by atomic mass is 10.0. The van der Waals surface area contributed by atoms with Crippen molar-refractivity contribution in [1.82, 2.24) is 9.88 Å². The number of amidine groups is 1. The molecule has 0 spiro atoms. The maximum Gasteiger partial charge on any atom is 0.311 e. The molecule has 0 unspecified atom stereocenters. The summed E-state index contributed by atoms with van der Waals surface area (Å²) in [7, 11) is 0. The Labute approximate surface area is 211 Å². The molecular formula is C28H34N4O4. The maximum absolute atomic E-state index is 13.2. The molecule has 1 fully saturated rings. The number of benzene rings is 1. The number of hydrogen-bond donors (Lipinski definition) is 2. The third kappa shape index (κ3) is 6.79. The first-order valence-electron chi connectivity index (χ1n) is 12.7. The topological polar surface area (TPSA) is 118 Å². The van der Waals surface area contributed by atoms with Gasteiger partial charge in [-0.3, -0.25) is 14.6 Å². The van der Waals surface area contributed by atoms with E-state index in [0.29, 0.717) is 54.8 Å². The van der Waals surface area contributed by atoms with Crippen molar-refractivity contribution in [1.29, 1.82) is 0 Å². The van der Waals surface area contributed by atoms with Crippen molar-refractivity contribution < 1.29 is 19.4 Å². The number of pyridine rings is 1. The van der Waals surface area contributed by atoms with Gasteiger partial charge in [0.25, 0.3) is 0 Å². The molecule has 3 N–H and O–H groups in total. The van der Waals surface area contributed by atoms with E-state index >= 15 is 0 Å². The number of hydrogen-bond acceptors (Lipinski definition) is 7. The lowest BCUT2D eigenvalue weighted by molar-refractivity contribution is -0.143. The SMILES string of the molecule is CCCN(CCCO)C(=O)C1=Cc2ccc(-c3ccc(CC(=O)OCC4CC4)nc3)cc2N=C(N)C1. The van der Waals surface area contributed by atoms with Gasteiger partial charge in [0, 0.05) is 49.0 Å². The van der Waals surface area contributed by atoms with Gasteiger partial charge in [-0.15, -0.1) is 0 Å². The van der Waals surface area contributed by atoms with E-state index in [2.05, 4.69) is 9.98 Å². The van der Waals surface area contributed by atoms with Crippen molar-refractivity contribution in [2.75, 3.05) is 26.3 Å². The van der Waals surface area contributed by atoms with Crippen LogP contribution in [0.1, 0.15) is 50.3 Å². The molecule has 2 aliphatic rings. The lowest BCUT2D eigenvalue weighted by Gasteiger charge is -2.23. The van der Waals surface area contributed by atoms with E-state index in [4.69, 9.17) is 10.5 Å². The molecular weight excluding hydrogens is 456 g/mol. The van der Waals surface area contributed by atoms with E-state index in [1.54, 1.807) is 11.1 Å². The van der Waals surface area contributed by atoms with Crippen LogP contribution in [0.3, 0.4) is 0 Å². The van der Waals surface area contributed by atoms with Gasteiger partial charge in [-0.05, 0) is 55.4 Å². The van der Waals surface area contributed by atoms with Crippen molar-refractivity contribution in [3.8, 4) is 11.1 Å². The van der Waals surface area contributed by atoms with Gasteiger partial charge in [-0.25, -0.2) is 4.99 Å². The summed E-state index contributed by atoms with van der Waals surface area (Å²) in [5.74, 6) is 0.598. The minimum absolute atomic E-state index is 0.0437. The second-order valence-electron chi connectivity index (χ2n) is 9.43. The summed E-state index contributed by atoms with van der Waals surface area (Å²) in [5.41, 5.74) is 10.8. The first-order chi connectivity index (χ1) is 17.5. The zero-order chi connectivity index (χ0) is 25.5. The minimum atomic E-state index is -0.247. The standard InChI is InChI=1S/C28H34N4O4/c1-2-10-32(11-3-12-33)28(35)23-13-21-7-6-20(14-25(21)31-26(29)15-23)22-8-9-24(30-17-22)16-27(34)36-18-19-4-5-19/h6-9,13-14,17,19,33H,2-5,10-12,15-16,18H2,1H3,(H2,29,31). The van der Waals surface area contributed by atoms with E-state index in [-0.39, 0.29) is 31.3 Å². The molecule has 36 heavy (non-hydrogen) atoms. The van der Waals surface area contributed by atoms with E-state index < -0.39 is 0 Å². The van der Waals surface area contributed by atoms with Gasteiger partial charge in [0.2, 0.25) is 5.91 Å². The average Bonchev–Trinajstić information content (AvgIpc) is 3.71. The molecule has 8 heteroatoms. The summed E-state index contributed by atoms with van der Waals surface area (Å²) < 4.78 is 5.29. The van der Waals surface area contributed by atoms with E-state index in [0.717, 1.165) is 36.0 Å². The number of nitrogens with zero attached hydrogens (tertiary/aromatic N) is 3. The van der Waals surface area contributed by atoms with Crippen LogP contribution < -0.4 is 5.73 Å². The Balaban J connectivity index is 1.49. The third-order valence-corrected chi connectivity index (χ3v) is 6.30. The van der Waals surface area contributed by atoms with Crippen molar-refractivity contribution in [2.45, 2.75) is 45.4 Å². The maximum atomic E-state index is 13.2. The van der Waals surface area contributed by atoms with Crippen LogP contribution in [-0.2, 0) is 20.7 Å². The Hall–Kier alpha value is -3.52. The summed E-state index contributed by atoms with van der Waals surface area (Å²) in [6, 6.07) is 9.59. The summed E-state index contributed by atoms with van der Waals surface area (Å²) in [6.07, 6.45) is 7.70. The Bertz CT molecular complexity index is 1150. The van der Waals surface area contributed by atoms with Gasteiger partial charge in [0.1, 0.15) is 5.84 Å². The number of carbonyl (C=O) groups is 2. The number of carbonyl (C=O) groups excluding carboxylic acids is 2. The molecule has 1 amide bonds. The van der Waals surface area contributed by atoms with Crippen LogP contribution in [0.4, 0.5) is 5.69 Å². The van der Waals surface area contributed by atoms with Crippen molar-refractivity contribution >= 4 is 29.5 Å². The number of esters is 1. The monoisotopic (exact) mass is 490 g/mol. The molecule has 1 saturated carbocycles. The normalized spacial score (nSPS) is 14.8. The highest BCUT2D eigenvalue weighted by Gasteiger charge is 2.23. The van der Waals surface area contributed by atoms with Gasteiger partial charge in [-0.2, -0.15) is 0 Å². The fourth-order valence-electron chi connectivity index (χ4n) is 4.15. The predicted molar refractivity (Wildman–Crippen MR) is 140 cm³/mol. The Morgan fingerprint density at radius 1 is 1.17 bits per heavy atom. The molecule has 8 nitrogen and oxygen atoms in total. The Morgan fingerprint density at radius 2 is 1.97 bits per heavy atom. The van der Waals surface area contributed by atoms with Crippen LogP contribution in [0.5, 0.6) is 0 Å². The molecule has 1 aromatic heterocycles. The van der Waals surface area contributed by atoms with Crippen LogP contribution in [-0.4, -0.2) is 59.0 Å². The molecule has 2 heterocycles. The van der Waals surface area contributed by atoms with Crippen LogP contribution in [0, 0.1) is 5.92 Å². The van der Waals surface area contributed by atoms with Crippen molar-refractivity contribution in [2.24, 2.45) is 16.6 Å². The van der Waals surface area contributed by atoms with Gasteiger partial charge in [0.05, 0.1) is 24.4 Å². The van der Waals surface area contributed by atoms with E-state index in [1.807, 2.05) is 43.3 Å². The smallest absolute Gasteiger partial charge is 0.311 e. The Morgan fingerprint density at radius 3 is 2.67 bits per heavy atom. The van der Waals surface area contributed by atoms with Crippen molar-refractivity contribution in [3.63, 3.8) is 0 Å². The van der Waals surface area contributed by atoms with Gasteiger partial charge in [-0.1, -0.05) is 25.1 Å². The van der Waals surface area contributed by atoms with Crippen molar-refractivity contribution in [3.05, 3.63) is 53.4 Å². The highest BCUT2D eigenvalue weighted by Crippen LogP contribution is 2.32. The second kappa shape index (κ2) is 11.9. The first kappa shape index (κ1) is 25.6. The van der Waals surface area contributed by atoms with E-state index in [1.165, 1.54) is 0 Å². The summed E-state index contributed by atoms with van der Waals surface area (Å²) in [6.45, 7) is 3.71. The van der Waals surface area contributed by atoms with E-state index in [9.17, 15) is 14.7 Å². The van der Waals surface area contributed by atoms with Gasteiger partial charge in [0.15, 0.2) is 0 Å². The number of ether oxygens (including phenoxy) is 1. The molecule has 0 radical (unpaired) electrons. The largest absolute Gasteiger partial charge is 0.465 e. The number of aliphatic hydroxyl groups is 1. The van der Waals surface area contributed by atoms with Crippen LogP contribution in [0.2, 0.25) is 0 Å². The number of aliphatic imine (C=N–C) groups is 1.